The van der Waals surface area contributed by atoms with Gasteiger partial charge in [0, 0.05) is 25.5 Å². The van der Waals surface area contributed by atoms with Crippen molar-refractivity contribution < 1.29 is 13.2 Å². The second-order valence-electron chi connectivity index (χ2n) is 4.20. The average molecular weight is 281 g/mol. The molecule has 2 rings (SSSR count). The van der Waals surface area contributed by atoms with E-state index in [1.807, 2.05) is 0 Å². The Morgan fingerprint density at radius 1 is 1.30 bits per heavy atom. The van der Waals surface area contributed by atoms with Crippen molar-refractivity contribution in [3.8, 4) is 0 Å². The molecule has 1 N–H and O–H groups in total. The molecule has 0 bridgehead atoms. The Bertz CT molecular complexity index is 587. The fourth-order valence-corrected chi connectivity index (χ4v) is 1.89. The number of nitrogens with one attached hydrogen (secondary N) is 1. The topological polar surface area (TPSA) is 29.9 Å². The number of nitrogens with zero attached hydrogens (tertiary/aromatic N) is 2. The fraction of sp³-hybridized carbons (Fsp3) is 0.214. The molecule has 1 heterocycles. The number of benzene rings is 1. The van der Waals surface area contributed by atoms with Crippen LogP contribution in [0.1, 0.15) is 11.1 Å². The summed E-state index contributed by atoms with van der Waals surface area (Å²) in [5.41, 5.74) is -0.442. The Hall–Kier alpha value is -2.24. The summed E-state index contributed by atoms with van der Waals surface area (Å²) >= 11 is 0. The molecule has 0 unspecified atom stereocenters. The van der Waals surface area contributed by atoms with E-state index in [4.69, 9.17) is 0 Å². The number of aromatic nitrogens is 2. The predicted molar refractivity (Wildman–Crippen MR) is 71.2 cm³/mol. The molecule has 0 aliphatic rings. The maximum absolute atomic E-state index is 12.9. The molecule has 0 spiro atoms. The van der Waals surface area contributed by atoms with Crippen molar-refractivity contribution in [2.75, 3.05) is 5.32 Å². The number of anilines is 1. The summed E-state index contributed by atoms with van der Waals surface area (Å²) in [6.45, 7) is 4.22. The van der Waals surface area contributed by atoms with Crippen LogP contribution in [0.15, 0.2) is 49.3 Å². The van der Waals surface area contributed by atoms with Gasteiger partial charge in [-0.15, -0.1) is 6.58 Å². The second kappa shape index (κ2) is 5.81. The molecule has 20 heavy (non-hydrogen) atoms. The summed E-state index contributed by atoms with van der Waals surface area (Å²) in [7, 11) is 0. The lowest BCUT2D eigenvalue weighted by atomic mass is 10.1. The molecule has 1 aromatic heterocycles. The molecule has 2 aromatic rings. The number of halogens is 3. The van der Waals surface area contributed by atoms with Crippen LogP contribution >= 0.6 is 0 Å². The molecule has 0 saturated heterocycles. The van der Waals surface area contributed by atoms with E-state index in [1.54, 1.807) is 29.1 Å². The number of hydrogen-bond acceptors (Lipinski definition) is 2. The zero-order chi connectivity index (χ0) is 14.6. The minimum atomic E-state index is -4.35. The number of hydrogen-bond donors (Lipinski definition) is 1. The summed E-state index contributed by atoms with van der Waals surface area (Å²) in [6.07, 6.45) is 0.659. The van der Waals surface area contributed by atoms with Crippen molar-refractivity contribution in [3.63, 3.8) is 0 Å². The van der Waals surface area contributed by atoms with Crippen molar-refractivity contribution >= 4 is 5.95 Å². The van der Waals surface area contributed by atoms with Crippen LogP contribution in [0, 0.1) is 0 Å². The minimum absolute atomic E-state index is 0.0594. The summed E-state index contributed by atoms with van der Waals surface area (Å²) in [4.78, 5) is 4.06. The van der Waals surface area contributed by atoms with Gasteiger partial charge in [-0.3, -0.25) is 0 Å². The van der Waals surface area contributed by atoms with E-state index >= 15 is 0 Å². The van der Waals surface area contributed by atoms with Crippen LogP contribution in [0.2, 0.25) is 0 Å². The van der Waals surface area contributed by atoms with E-state index in [1.165, 1.54) is 12.1 Å². The van der Waals surface area contributed by atoms with Crippen molar-refractivity contribution in [2.45, 2.75) is 19.3 Å². The van der Waals surface area contributed by atoms with Gasteiger partial charge < -0.3 is 9.88 Å². The summed E-state index contributed by atoms with van der Waals surface area (Å²) in [5.74, 6) is 0.516. The molecule has 0 aliphatic carbocycles. The fourth-order valence-electron chi connectivity index (χ4n) is 1.89. The van der Waals surface area contributed by atoms with Gasteiger partial charge in [0.2, 0.25) is 5.95 Å². The quantitative estimate of drug-likeness (QED) is 0.847. The molecule has 0 amide bonds. The van der Waals surface area contributed by atoms with Crippen molar-refractivity contribution in [1.82, 2.24) is 9.55 Å². The lowest BCUT2D eigenvalue weighted by molar-refractivity contribution is -0.138. The Kier molecular flexibility index (Phi) is 4.12. The average Bonchev–Trinajstić information content (AvgIpc) is 2.83. The molecule has 1 aromatic carbocycles. The maximum Gasteiger partial charge on any atom is 0.416 e. The zero-order valence-corrected chi connectivity index (χ0v) is 10.7. The monoisotopic (exact) mass is 281 g/mol. The third-order valence-corrected chi connectivity index (χ3v) is 2.80. The van der Waals surface area contributed by atoms with Crippen LogP contribution in [0.4, 0.5) is 19.1 Å². The van der Waals surface area contributed by atoms with Crippen LogP contribution in [0.3, 0.4) is 0 Å². The number of allylic oxidation sites excluding steroid dienone is 1. The van der Waals surface area contributed by atoms with E-state index in [9.17, 15) is 13.2 Å². The van der Waals surface area contributed by atoms with Crippen molar-refractivity contribution in [2.24, 2.45) is 0 Å². The Morgan fingerprint density at radius 2 is 2.05 bits per heavy atom. The van der Waals surface area contributed by atoms with E-state index in [2.05, 4.69) is 16.9 Å². The zero-order valence-electron chi connectivity index (χ0n) is 10.7. The van der Waals surface area contributed by atoms with Gasteiger partial charge in [-0.25, -0.2) is 4.98 Å². The highest BCUT2D eigenvalue weighted by Crippen LogP contribution is 2.32. The highest BCUT2D eigenvalue weighted by atomic mass is 19.4. The van der Waals surface area contributed by atoms with E-state index < -0.39 is 11.7 Å². The normalized spacial score (nSPS) is 11.3. The lowest BCUT2D eigenvalue weighted by Crippen LogP contribution is -2.13. The minimum Gasteiger partial charge on any atom is -0.352 e. The Morgan fingerprint density at radius 3 is 2.75 bits per heavy atom. The van der Waals surface area contributed by atoms with Crippen LogP contribution < -0.4 is 5.32 Å². The first-order chi connectivity index (χ1) is 9.52. The number of rotatable bonds is 5. The van der Waals surface area contributed by atoms with E-state index in [0.717, 1.165) is 6.07 Å². The van der Waals surface area contributed by atoms with E-state index in [-0.39, 0.29) is 12.1 Å². The third-order valence-electron chi connectivity index (χ3n) is 2.80. The Balaban J connectivity index is 2.15. The second-order valence-corrected chi connectivity index (χ2v) is 4.20. The van der Waals surface area contributed by atoms with Gasteiger partial charge in [-0.1, -0.05) is 24.3 Å². The van der Waals surface area contributed by atoms with Crippen LogP contribution in [0.25, 0.3) is 0 Å². The van der Waals surface area contributed by atoms with Gasteiger partial charge in [0.1, 0.15) is 0 Å². The van der Waals surface area contributed by atoms with Crippen LogP contribution in [0.5, 0.6) is 0 Å². The molecule has 6 heteroatoms. The van der Waals surface area contributed by atoms with Crippen molar-refractivity contribution in [1.29, 1.82) is 0 Å². The highest BCUT2D eigenvalue weighted by molar-refractivity contribution is 5.34. The van der Waals surface area contributed by atoms with E-state index in [0.29, 0.717) is 12.5 Å². The lowest BCUT2D eigenvalue weighted by Gasteiger charge is -2.14. The molecule has 0 fully saturated rings. The first kappa shape index (κ1) is 14.2. The molecule has 106 valence electrons. The third kappa shape index (κ3) is 3.20. The van der Waals surface area contributed by atoms with Gasteiger partial charge in [0.15, 0.2) is 0 Å². The number of imidazole rings is 1. The molecule has 0 radical (unpaired) electrons. The number of alkyl halides is 3. The van der Waals surface area contributed by atoms with Gasteiger partial charge >= 0.3 is 6.18 Å². The van der Waals surface area contributed by atoms with Crippen LogP contribution in [-0.4, -0.2) is 9.55 Å². The summed E-state index contributed by atoms with van der Waals surface area (Å²) in [6, 6.07) is 5.50. The van der Waals surface area contributed by atoms with Gasteiger partial charge in [-0.2, -0.15) is 13.2 Å². The molecule has 0 saturated carbocycles. The largest absolute Gasteiger partial charge is 0.416 e. The smallest absolute Gasteiger partial charge is 0.352 e. The summed E-state index contributed by atoms with van der Waals surface area (Å²) < 4.78 is 40.3. The van der Waals surface area contributed by atoms with Gasteiger partial charge in [0.25, 0.3) is 0 Å². The predicted octanol–water partition coefficient (Wildman–Crippen LogP) is 3.70. The Labute approximate surface area is 114 Å². The molecular formula is C14H14F3N3. The molecule has 0 aliphatic heterocycles. The summed E-state index contributed by atoms with van der Waals surface area (Å²) in [5, 5.41) is 2.91. The maximum atomic E-state index is 12.9. The molecule has 0 atom stereocenters. The first-order valence-electron chi connectivity index (χ1n) is 6.03. The molecular weight excluding hydrogens is 267 g/mol. The standard InChI is InChI=1S/C14H14F3N3/c1-2-8-20-9-7-18-13(20)19-10-11-5-3-4-6-12(11)14(15,16)17/h2-7,9H,1,8,10H2,(H,18,19). The van der Waals surface area contributed by atoms with Crippen LogP contribution in [-0.2, 0) is 19.3 Å². The van der Waals surface area contributed by atoms with Gasteiger partial charge in [-0.05, 0) is 11.6 Å². The van der Waals surface area contributed by atoms with Crippen molar-refractivity contribution in [3.05, 3.63) is 60.4 Å². The van der Waals surface area contributed by atoms with Gasteiger partial charge in [0.05, 0.1) is 5.56 Å². The first-order valence-corrected chi connectivity index (χ1v) is 6.03. The highest BCUT2D eigenvalue weighted by Gasteiger charge is 2.32. The molecule has 3 nitrogen and oxygen atoms in total. The SMILES string of the molecule is C=CCn1ccnc1NCc1ccccc1C(F)(F)F.